The molecule has 0 radical (unpaired) electrons. The predicted octanol–water partition coefficient (Wildman–Crippen LogP) is 4.67. The topological polar surface area (TPSA) is 88.6 Å². The first-order valence-electron chi connectivity index (χ1n) is 9.09. The molecule has 2 aromatic carbocycles. The third kappa shape index (κ3) is 4.20. The van der Waals surface area contributed by atoms with Gasteiger partial charge in [-0.05, 0) is 39.1 Å². The Kier molecular flexibility index (Phi) is 5.75. The van der Waals surface area contributed by atoms with Crippen LogP contribution in [-0.2, 0) is 4.79 Å². The van der Waals surface area contributed by atoms with E-state index >= 15 is 0 Å². The number of nitro benzene ring substituents is 1. The molecule has 0 bridgehead atoms. The van der Waals surface area contributed by atoms with Gasteiger partial charge in [-0.25, -0.2) is 0 Å². The van der Waals surface area contributed by atoms with Crippen LogP contribution >= 0.6 is 0 Å². The fourth-order valence-corrected chi connectivity index (χ4v) is 3.07. The quantitative estimate of drug-likeness (QED) is 0.474. The second kappa shape index (κ2) is 8.22. The minimum atomic E-state index is -0.451. The fraction of sp³-hybridized carbons (Fsp3) is 0.286. The van der Waals surface area contributed by atoms with E-state index in [-0.39, 0.29) is 24.1 Å². The summed E-state index contributed by atoms with van der Waals surface area (Å²) in [6, 6.07) is 14.5. The highest BCUT2D eigenvalue weighted by atomic mass is 16.6. The van der Waals surface area contributed by atoms with Gasteiger partial charge in [-0.1, -0.05) is 24.3 Å². The van der Waals surface area contributed by atoms with Gasteiger partial charge in [0.05, 0.1) is 22.2 Å². The first-order valence-corrected chi connectivity index (χ1v) is 9.09. The van der Waals surface area contributed by atoms with Crippen molar-refractivity contribution in [3.8, 4) is 0 Å². The number of fused-ring (bicyclic) bond motifs is 1. The van der Waals surface area contributed by atoms with Crippen LogP contribution in [0.2, 0.25) is 0 Å². The maximum Gasteiger partial charge on any atom is 0.274 e. The Morgan fingerprint density at radius 3 is 2.71 bits per heavy atom. The molecule has 146 valence electrons. The summed E-state index contributed by atoms with van der Waals surface area (Å²) < 4.78 is 5.90. The zero-order chi connectivity index (χ0) is 20.3. The minimum Gasteiger partial charge on any atom is -0.459 e. The van der Waals surface area contributed by atoms with Crippen molar-refractivity contribution in [2.75, 3.05) is 18.9 Å². The van der Waals surface area contributed by atoms with E-state index < -0.39 is 4.92 Å². The number of carbonyl (C=O) groups excluding carboxylic acids is 1. The SMILES string of the molecule is Cc1c(NC(=O)CCN(C)C(C)c2cc3ccccc3o2)cccc1[N+](=O)[O-]. The van der Waals surface area contributed by atoms with Gasteiger partial charge >= 0.3 is 0 Å². The average Bonchev–Trinajstić information content (AvgIpc) is 3.11. The molecule has 7 heteroatoms. The van der Waals surface area contributed by atoms with E-state index in [1.807, 2.05) is 49.2 Å². The van der Waals surface area contributed by atoms with Gasteiger partial charge in [0.2, 0.25) is 5.91 Å². The normalized spacial score (nSPS) is 12.3. The summed E-state index contributed by atoms with van der Waals surface area (Å²) in [5.41, 5.74) is 1.75. The molecular formula is C21H23N3O4. The molecule has 0 aliphatic rings. The molecule has 0 fully saturated rings. The number of para-hydroxylation sites is 1. The smallest absolute Gasteiger partial charge is 0.274 e. The number of amides is 1. The molecule has 0 saturated heterocycles. The third-order valence-corrected chi connectivity index (χ3v) is 4.99. The van der Waals surface area contributed by atoms with Gasteiger partial charge in [0, 0.05) is 24.4 Å². The fourth-order valence-electron chi connectivity index (χ4n) is 3.07. The average molecular weight is 381 g/mol. The standard InChI is InChI=1S/C21H23N3O4/c1-14-17(8-6-9-18(14)24(26)27)22-21(25)11-12-23(3)15(2)20-13-16-7-4-5-10-19(16)28-20/h4-10,13,15H,11-12H2,1-3H3,(H,22,25). The largest absolute Gasteiger partial charge is 0.459 e. The molecule has 0 spiro atoms. The van der Waals surface area contributed by atoms with E-state index in [1.165, 1.54) is 6.07 Å². The Morgan fingerprint density at radius 1 is 1.25 bits per heavy atom. The lowest BCUT2D eigenvalue weighted by Crippen LogP contribution is -2.27. The van der Waals surface area contributed by atoms with Gasteiger partial charge in [0.1, 0.15) is 11.3 Å². The van der Waals surface area contributed by atoms with Crippen LogP contribution < -0.4 is 5.32 Å². The summed E-state index contributed by atoms with van der Waals surface area (Å²) in [7, 11) is 1.93. The molecule has 3 rings (SSSR count). The van der Waals surface area contributed by atoms with Gasteiger partial charge in [-0.15, -0.1) is 0 Å². The first kappa shape index (κ1) is 19.6. The highest BCUT2D eigenvalue weighted by molar-refractivity contribution is 5.92. The molecule has 7 nitrogen and oxygen atoms in total. The van der Waals surface area contributed by atoms with E-state index in [0.29, 0.717) is 17.8 Å². The lowest BCUT2D eigenvalue weighted by molar-refractivity contribution is -0.385. The summed E-state index contributed by atoms with van der Waals surface area (Å²) in [4.78, 5) is 24.9. The zero-order valence-electron chi connectivity index (χ0n) is 16.1. The number of anilines is 1. The van der Waals surface area contributed by atoms with Crippen molar-refractivity contribution in [1.82, 2.24) is 4.90 Å². The number of nitro groups is 1. The first-order chi connectivity index (χ1) is 13.4. The van der Waals surface area contributed by atoms with Crippen molar-refractivity contribution in [2.45, 2.75) is 26.3 Å². The zero-order valence-corrected chi connectivity index (χ0v) is 16.1. The monoisotopic (exact) mass is 381 g/mol. The van der Waals surface area contributed by atoms with Crippen LogP contribution in [0.4, 0.5) is 11.4 Å². The third-order valence-electron chi connectivity index (χ3n) is 4.99. The Labute approximate surface area is 163 Å². The van der Waals surface area contributed by atoms with Gasteiger partial charge in [0.25, 0.3) is 5.69 Å². The van der Waals surface area contributed by atoms with E-state index in [9.17, 15) is 14.9 Å². The Bertz CT molecular complexity index is 979. The highest BCUT2D eigenvalue weighted by Crippen LogP contribution is 2.27. The minimum absolute atomic E-state index is 0.00609. The van der Waals surface area contributed by atoms with Crippen LogP contribution in [0.3, 0.4) is 0 Å². The van der Waals surface area contributed by atoms with Gasteiger partial charge < -0.3 is 9.73 Å². The summed E-state index contributed by atoms with van der Waals surface area (Å²) in [6.07, 6.45) is 0.267. The number of nitrogens with zero attached hydrogens (tertiary/aromatic N) is 2. The number of benzene rings is 2. The second-order valence-electron chi connectivity index (χ2n) is 6.85. The summed E-state index contributed by atoms with van der Waals surface area (Å²) in [5.74, 6) is 0.658. The van der Waals surface area contributed by atoms with Crippen molar-refractivity contribution >= 4 is 28.3 Å². The Morgan fingerprint density at radius 2 is 2.00 bits per heavy atom. The van der Waals surface area contributed by atoms with E-state index in [2.05, 4.69) is 5.32 Å². The molecule has 0 aliphatic heterocycles. The number of carbonyl (C=O) groups is 1. The van der Waals surface area contributed by atoms with E-state index in [4.69, 9.17) is 4.42 Å². The maximum absolute atomic E-state index is 12.3. The predicted molar refractivity (Wildman–Crippen MR) is 108 cm³/mol. The number of rotatable bonds is 7. The lowest BCUT2D eigenvalue weighted by Gasteiger charge is -2.22. The molecule has 1 atom stereocenters. The number of hydrogen-bond acceptors (Lipinski definition) is 5. The maximum atomic E-state index is 12.3. The van der Waals surface area contributed by atoms with Crippen molar-refractivity contribution in [3.63, 3.8) is 0 Å². The molecule has 1 aromatic heterocycles. The number of furan rings is 1. The van der Waals surface area contributed by atoms with Crippen molar-refractivity contribution < 1.29 is 14.1 Å². The summed E-state index contributed by atoms with van der Waals surface area (Å²) >= 11 is 0. The van der Waals surface area contributed by atoms with Crippen molar-refractivity contribution in [2.24, 2.45) is 0 Å². The molecule has 0 aliphatic carbocycles. The molecule has 0 saturated carbocycles. The molecule has 3 aromatic rings. The second-order valence-corrected chi connectivity index (χ2v) is 6.85. The van der Waals surface area contributed by atoms with Crippen molar-refractivity contribution in [3.05, 3.63) is 70.0 Å². The van der Waals surface area contributed by atoms with Gasteiger partial charge in [0.15, 0.2) is 0 Å². The molecular weight excluding hydrogens is 358 g/mol. The van der Waals surface area contributed by atoms with Gasteiger partial charge in [-0.3, -0.25) is 19.8 Å². The van der Waals surface area contributed by atoms with E-state index in [1.54, 1.807) is 19.1 Å². The Balaban J connectivity index is 1.59. The molecule has 1 amide bonds. The molecule has 1 unspecified atom stereocenters. The van der Waals surface area contributed by atoms with Crippen LogP contribution in [-0.4, -0.2) is 29.3 Å². The van der Waals surface area contributed by atoms with Crippen molar-refractivity contribution in [1.29, 1.82) is 0 Å². The Hall–Kier alpha value is -3.19. The summed E-state index contributed by atoms with van der Waals surface area (Å²) in [5, 5.41) is 14.8. The highest BCUT2D eigenvalue weighted by Gasteiger charge is 2.18. The van der Waals surface area contributed by atoms with Crippen LogP contribution in [0.1, 0.15) is 30.7 Å². The molecule has 1 N–H and O–H groups in total. The summed E-state index contributed by atoms with van der Waals surface area (Å²) in [6.45, 7) is 4.18. The number of hydrogen-bond donors (Lipinski definition) is 1. The van der Waals surface area contributed by atoms with E-state index in [0.717, 1.165) is 16.7 Å². The molecule has 28 heavy (non-hydrogen) atoms. The molecule has 1 heterocycles. The van der Waals surface area contributed by atoms with Crippen LogP contribution in [0, 0.1) is 17.0 Å². The van der Waals surface area contributed by atoms with Crippen LogP contribution in [0.5, 0.6) is 0 Å². The van der Waals surface area contributed by atoms with Crippen LogP contribution in [0.25, 0.3) is 11.0 Å². The van der Waals surface area contributed by atoms with Crippen LogP contribution in [0.15, 0.2) is 52.9 Å². The lowest BCUT2D eigenvalue weighted by atomic mass is 10.1. The number of nitrogens with one attached hydrogen (secondary N) is 1. The van der Waals surface area contributed by atoms with Gasteiger partial charge in [-0.2, -0.15) is 0 Å².